The first-order chi connectivity index (χ1) is 6.31. The molecule has 0 unspecified atom stereocenters. The lowest BCUT2D eigenvalue weighted by molar-refractivity contribution is 0.633. The molecule has 1 atom stereocenters. The van der Waals surface area contributed by atoms with Crippen LogP contribution in [-0.2, 0) is 0 Å². The number of hydrogen-bond acceptors (Lipinski definition) is 2. The summed E-state index contributed by atoms with van der Waals surface area (Å²) in [6.07, 6.45) is 2.47. The van der Waals surface area contributed by atoms with Crippen molar-refractivity contribution < 1.29 is 0 Å². The molecule has 74 valence electrons. The molecule has 0 radical (unpaired) electrons. The molecule has 0 heterocycles. The van der Waals surface area contributed by atoms with Crippen molar-refractivity contribution in [2.75, 3.05) is 0 Å². The fourth-order valence-corrected chi connectivity index (χ4v) is 1.54. The summed E-state index contributed by atoms with van der Waals surface area (Å²) in [5.41, 5.74) is 7.82. The number of benzene rings is 1. The Balaban J connectivity index is 0.000000980. The smallest absolute Gasteiger partial charge is 0.0991 e. The van der Waals surface area contributed by atoms with E-state index in [1.807, 2.05) is 24.3 Å². The van der Waals surface area contributed by atoms with Gasteiger partial charge in [0.1, 0.15) is 0 Å². The third kappa shape index (κ3) is 2.25. The van der Waals surface area contributed by atoms with Gasteiger partial charge in [0, 0.05) is 6.04 Å². The van der Waals surface area contributed by atoms with Crippen molar-refractivity contribution in [3.63, 3.8) is 0 Å². The summed E-state index contributed by atoms with van der Waals surface area (Å²) in [7, 11) is 0. The highest BCUT2D eigenvalue weighted by Crippen LogP contribution is 2.39. The standard InChI is InChI=1S/C11H12N2.ClH/c12-7-8-2-1-3-10(6-8)11(13)9-4-5-9;/h1-3,6,9,11H,4-5,13H2;1H/t11-;/m0./s1. The quantitative estimate of drug-likeness (QED) is 0.812. The topological polar surface area (TPSA) is 49.8 Å². The van der Waals surface area contributed by atoms with Crippen LogP contribution in [0.5, 0.6) is 0 Å². The molecule has 0 spiro atoms. The number of nitrogens with zero attached hydrogens (tertiary/aromatic N) is 1. The van der Waals surface area contributed by atoms with Crippen LogP contribution in [0.2, 0.25) is 0 Å². The molecule has 3 heteroatoms. The van der Waals surface area contributed by atoms with E-state index in [0.717, 1.165) is 5.56 Å². The van der Waals surface area contributed by atoms with Crippen LogP contribution in [0.4, 0.5) is 0 Å². The second kappa shape index (κ2) is 4.45. The van der Waals surface area contributed by atoms with Crippen LogP contribution in [0.3, 0.4) is 0 Å². The Hall–Kier alpha value is -1.04. The van der Waals surface area contributed by atoms with Gasteiger partial charge in [-0.05, 0) is 36.5 Å². The van der Waals surface area contributed by atoms with Crippen molar-refractivity contribution in [1.82, 2.24) is 0 Å². The third-order valence-corrected chi connectivity index (χ3v) is 2.53. The van der Waals surface area contributed by atoms with Gasteiger partial charge in [-0.15, -0.1) is 12.4 Å². The molecule has 0 aromatic heterocycles. The molecule has 1 aromatic carbocycles. The molecule has 14 heavy (non-hydrogen) atoms. The number of hydrogen-bond donors (Lipinski definition) is 1. The van der Waals surface area contributed by atoms with Crippen molar-refractivity contribution in [3.8, 4) is 6.07 Å². The minimum absolute atomic E-state index is 0. The van der Waals surface area contributed by atoms with Gasteiger partial charge >= 0.3 is 0 Å². The monoisotopic (exact) mass is 208 g/mol. The Morgan fingerprint density at radius 2 is 2.14 bits per heavy atom. The molecule has 2 nitrogen and oxygen atoms in total. The zero-order valence-electron chi connectivity index (χ0n) is 7.81. The first-order valence-electron chi connectivity index (χ1n) is 4.57. The van der Waals surface area contributed by atoms with Crippen LogP contribution in [0.15, 0.2) is 24.3 Å². The van der Waals surface area contributed by atoms with E-state index in [-0.39, 0.29) is 18.4 Å². The van der Waals surface area contributed by atoms with Crippen molar-refractivity contribution in [2.45, 2.75) is 18.9 Å². The van der Waals surface area contributed by atoms with Crippen LogP contribution in [0, 0.1) is 17.2 Å². The summed E-state index contributed by atoms with van der Waals surface area (Å²) < 4.78 is 0. The molecule has 0 aliphatic heterocycles. The highest BCUT2D eigenvalue weighted by molar-refractivity contribution is 5.85. The SMILES string of the molecule is Cl.N#Cc1cccc([C@@H](N)C2CC2)c1. The van der Waals surface area contributed by atoms with Crippen LogP contribution >= 0.6 is 12.4 Å². The molecule has 2 N–H and O–H groups in total. The maximum Gasteiger partial charge on any atom is 0.0991 e. The zero-order chi connectivity index (χ0) is 9.26. The van der Waals surface area contributed by atoms with E-state index in [1.165, 1.54) is 12.8 Å². The van der Waals surface area contributed by atoms with Crippen LogP contribution in [0.1, 0.15) is 30.0 Å². The highest BCUT2D eigenvalue weighted by Gasteiger charge is 2.29. The van der Waals surface area contributed by atoms with Crippen molar-refractivity contribution >= 4 is 12.4 Å². The summed E-state index contributed by atoms with van der Waals surface area (Å²) in [5, 5.41) is 8.71. The lowest BCUT2D eigenvalue weighted by Crippen LogP contribution is -2.12. The number of nitriles is 1. The fourth-order valence-electron chi connectivity index (χ4n) is 1.54. The molecular formula is C11H13ClN2. The van der Waals surface area contributed by atoms with Crippen molar-refractivity contribution in [1.29, 1.82) is 5.26 Å². The normalized spacial score (nSPS) is 16.6. The van der Waals surface area contributed by atoms with Gasteiger partial charge in [0.25, 0.3) is 0 Å². The van der Waals surface area contributed by atoms with Gasteiger partial charge in [-0.2, -0.15) is 5.26 Å². The van der Waals surface area contributed by atoms with Crippen LogP contribution < -0.4 is 5.73 Å². The first-order valence-corrected chi connectivity index (χ1v) is 4.57. The number of rotatable bonds is 2. The summed E-state index contributed by atoms with van der Waals surface area (Å²) in [4.78, 5) is 0. The maximum absolute atomic E-state index is 8.71. The summed E-state index contributed by atoms with van der Waals surface area (Å²) in [5.74, 6) is 0.647. The van der Waals surface area contributed by atoms with Crippen LogP contribution in [0.25, 0.3) is 0 Å². The molecule has 0 bridgehead atoms. The Bertz CT molecular complexity index is 353. The van der Waals surface area contributed by atoms with Gasteiger partial charge in [0.05, 0.1) is 11.6 Å². The van der Waals surface area contributed by atoms with Crippen molar-refractivity contribution in [3.05, 3.63) is 35.4 Å². The molecule has 2 rings (SSSR count). The molecular weight excluding hydrogens is 196 g/mol. The van der Waals surface area contributed by atoms with Crippen LogP contribution in [-0.4, -0.2) is 0 Å². The average molecular weight is 209 g/mol. The minimum atomic E-state index is 0. The second-order valence-corrected chi connectivity index (χ2v) is 3.60. The predicted octanol–water partition coefficient (Wildman–Crippen LogP) is 2.39. The highest BCUT2D eigenvalue weighted by atomic mass is 35.5. The van der Waals surface area contributed by atoms with E-state index in [1.54, 1.807) is 0 Å². The van der Waals surface area contributed by atoms with E-state index in [9.17, 15) is 0 Å². The average Bonchev–Trinajstić information content (AvgIpc) is 3.00. The Kier molecular flexibility index (Phi) is 3.51. The Morgan fingerprint density at radius 1 is 1.43 bits per heavy atom. The third-order valence-electron chi connectivity index (χ3n) is 2.53. The minimum Gasteiger partial charge on any atom is -0.324 e. The Morgan fingerprint density at radius 3 is 2.71 bits per heavy atom. The second-order valence-electron chi connectivity index (χ2n) is 3.60. The van der Waals surface area contributed by atoms with Gasteiger partial charge in [-0.3, -0.25) is 0 Å². The molecule has 1 aliphatic carbocycles. The van der Waals surface area contributed by atoms with Gasteiger partial charge in [-0.25, -0.2) is 0 Å². The summed E-state index contributed by atoms with van der Waals surface area (Å²) >= 11 is 0. The predicted molar refractivity (Wildman–Crippen MR) is 58.1 cm³/mol. The molecule has 0 amide bonds. The molecule has 1 aromatic rings. The maximum atomic E-state index is 8.71. The largest absolute Gasteiger partial charge is 0.324 e. The molecule has 1 saturated carbocycles. The molecule has 0 saturated heterocycles. The Labute approximate surface area is 90.1 Å². The van der Waals surface area contributed by atoms with Crippen molar-refractivity contribution in [2.24, 2.45) is 11.7 Å². The van der Waals surface area contributed by atoms with E-state index >= 15 is 0 Å². The zero-order valence-corrected chi connectivity index (χ0v) is 8.63. The van der Waals surface area contributed by atoms with Gasteiger partial charge in [0.15, 0.2) is 0 Å². The number of halogens is 1. The number of nitrogens with two attached hydrogens (primary N) is 1. The molecule has 1 fully saturated rings. The van der Waals surface area contributed by atoms with Gasteiger partial charge < -0.3 is 5.73 Å². The lowest BCUT2D eigenvalue weighted by atomic mass is 10.0. The first kappa shape index (κ1) is 11.0. The fraction of sp³-hybridized carbons (Fsp3) is 0.364. The van der Waals surface area contributed by atoms with Gasteiger partial charge in [-0.1, -0.05) is 12.1 Å². The summed E-state index contributed by atoms with van der Waals surface area (Å²) in [6, 6.07) is 9.86. The molecule has 1 aliphatic rings. The van der Waals surface area contributed by atoms with E-state index in [0.29, 0.717) is 11.5 Å². The van der Waals surface area contributed by atoms with Gasteiger partial charge in [0.2, 0.25) is 0 Å². The summed E-state index contributed by atoms with van der Waals surface area (Å²) in [6.45, 7) is 0. The van der Waals surface area contributed by atoms with E-state index in [2.05, 4.69) is 6.07 Å². The van der Waals surface area contributed by atoms with E-state index < -0.39 is 0 Å². The lowest BCUT2D eigenvalue weighted by Gasteiger charge is -2.09. The van der Waals surface area contributed by atoms with E-state index in [4.69, 9.17) is 11.0 Å².